The van der Waals surface area contributed by atoms with Gasteiger partial charge < -0.3 is 15.1 Å². The number of amides is 1. The van der Waals surface area contributed by atoms with Gasteiger partial charge in [0.2, 0.25) is 11.9 Å². The summed E-state index contributed by atoms with van der Waals surface area (Å²) in [7, 11) is 1.83. The Morgan fingerprint density at radius 3 is 2.61 bits per heavy atom. The van der Waals surface area contributed by atoms with Crippen molar-refractivity contribution in [2.75, 3.05) is 22.2 Å². The molecule has 2 aliphatic rings. The molecule has 0 bridgehead atoms. The molecule has 6 nitrogen and oxygen atoms in total. The Balaban J connectivity index is 1.68. The van der Waals surface area contributed by atoms with Crippen molar-refractivity contribution in [1.29, 1.82) is 0 Å². The molecule has 1 aliphatic heterocycles. The van der Waals surface area contributed by atoms with Gasteiger partial charge in [0.25, 0.3) is 0 Å². The number of likely N-dealkylation sites (N-methyl/N-ethyl adjacent to an activating group) is 1. The van der Waals surface area contributed by atoms with Gasteiger partial charge in [-0.05, 0) is 31.7 Å². The number of nitrogens with one attached hydrogen (secondary N) is 1. The minimum Gasteiger partial charge on any atom is -0.348 e. The van der Waals surface area contributed by atoms with Crippen molar-refractivity contribution in [2.24, 2.45) is 0 Å². The summed E-state index contributed by atoms with van der Waals surface area (Å²) in [6.45, 7) is 4.19. The average Bonchev–Trinajstić information content (AvgIpc) is 3.25. The quantitative estimate of drug-likeness (QED) is 0.845. The van der Waals surface area contributed by atoms with E-state index >= 15 is 0 Å². The minimum atomic E-state index is -0.144. The second kappa shape index (κ2) is 7.78. The molecular weight excluding hydrogens is 350 g/mol. The highest BCUT2D eigenvalue weighted by atomic mass is 16.2. The first-order chi connectivity index (χ1) is 13.6. The summed E-state index contributed by atoms with van der Waals surface area (Å²) >= 11 is 0. The predicted molar refractivity (Wildman–Crippen MR) is 113 cm³/mol. The molecule has 1 fully saturated rings. The Morgan fingerprint density at radius 2 is 1.93 bits per heavy atom. The van der Waals surface area contributed by atoms with Crippen LogP contribution in [-0.2, 0) is 4.79 Å². The zero-order chi connectivity index (χ0) is 19.7. The summed E-state index contributed by atoms with van der Waals surface area (Å²) in [5.74, 6) is 1.64. The van der Waals surface area contributed by atoms with Crippen molar-refractivity contribution >= 4 is 23.4 Å². The molecule has 4 rings (SSSR count). The van der Waals surface area contributed by atoms with E-state index in [1.165, 1.54) is 18.4 Å². The van der Waals surface area contributed by atoms with Gasteiger partial charge in [0.1, 0.15) is 11.7 Å². The second-order valence-electron chi connectivity index (χ2n) is 7.85. The number of hydrogen-bond donors (Lipinski definition) is 1. The molecular formula is C22H29N5O. The first-order valence-electron chi connectivity index (χ1n) is 10.3. The molecule has 0 radical (unpaired) electrons. The maximum Gasteiger partial charge on any atom is 0.249 e. The molecule has 0 unspecified atom stereocenters. The Bertz CT molecular complexity index is 834. The number of rotatable bonds is 5. The summed E-state index contributed by atoms with van der Waals surface area (Å²) in [5.41, 5.74) is 2.00. The SMILES string of the molecule is CC[C@@H]1C(=O)N(C)c2cnc(N[C@@H](C)c3ccccc3)nc2N1C1CCCC1. The summed E-state index contributed by atoms with van der Waals surface area (Å²) in [4.78, 5) is 26.4. The molecule has 0 spiro atoms. The van der Waals surface area contributed by atoms with Crippen LogP contribution in [0.3, 0.4) is 0 Å². The lowest BCUT2D eigenvalue weighted by atomic mass is 10.0. The molecule has 2 atom stereocenters. The Morgan fingerprint density at radius 1 is 1.21 bits per heavy atom. The van der Waals surface area contributed by atoms with E-state index in [1.54, 1.807) is 11.1 Å². The van der Waals surface area contributed by atoms with Crippen LogP contribution in [0.2, 0.25) is 0 Å². The average molecular weight is 380 g/mol. The molecule has 2 heterocycles. The van der Waals surface area contributed by atoms with E-state index in [1.807, 2.05) is 25.2 Å². The first kappa shape index (κ1) is 18.7. The van der Waals surface area contributed by atoms with E-state index in [9.17, 15) is 4.79 Å². The lowest BCUT2D eigenvalue weighted by Gasteiger charge is -2.43. The van der Waals surface area contributed by atoms with E-state index in [0.717, 1.165) is 30.8 Å². The fraction of sp³-hybridized carbons (Fsp3) is 0.500. The number of benzene rings is 1. The van der Waals surface area contributed by atoms with Gasteiger partial charge in [-0.3, -0.25) is 4.79 Å². The summed E-state index contributed by atoms with van der Waals surface area (Å²) < 4.78 is 0. The number of fused-ring (bicyclic) bond motifs is 1. The maximum absolute atomic E-state index is 12.9. The molecule has 1 aromatic heterocycles. The standard InChI is InChI=1S/C22H29N5O/c1-4-18-21(28)26(3)19-14-23-22(24-15(2)16-10-6-5-7-11-16)25-20(19)27(18)17-12-8-9-13-17/h5-7,10-11,14-15,17-18H,4,8-9,12-13H2,1-3H3,(H,23,24,25)/t15-,18+/m0/s1. The van der Waals surface area contributed by atoms with Gasteiger partial charge >= 0.3 is 0 Å². The van der Waals surface area contributed by atoms with Crippen molar-refractivity contribution < 1.29 is 4.79 Å². The van der Waals surface area contributed by atoms with Crippen LogP contribution in [-0.4, -0.2) is 35.0 Å². The fourth-order valence-corrected chi connectivity index (χ4v) is 4.47. The third kappa shape index (κ3) is 3.32. The Labute approximate surface area is 167 Å². The van der Waals surface area contributed by atoms with E-state index in [2.05, 4.69) is 41.2 Å². The number of nitrogens with zero attached hydrogens (tertiary/aromatic N) is 4. The summed E-state index contributed by atoms with van der Waals surface area (Å²) in [6, 6.07) is 10.6. The molecule has 148 valence electrons. The van der Waals surface area contributed by atoms with Crippen LogP contribution in [0, 0.1) is 0 Å². The number of aromatic nitrogens is 2. The van der Waals surface area contributed by atoms with Crippen LogP contribution in [0.5, 0.6) is 0 Å². The normalized spacial score (nSPS) is 21.0. The van der Waals surface area contributed by atoms with E-state index in [0.29, 0.717) is 12.0 Å². The van der Waals surface area contributed by atoms with Crippen LogP contribution >= 0.6 is 0 Å². The van der Waals surface area contributed by atoms with E-state index < -0.39 is 0 Å². The predicted octanol–water partition coefficient (Wildman–Crippen LogP) is 4.15. The van der Waals surface area contributed by atoms with Crippen LogP contribution in [0.15, 0.2) is 36.5 Å². The molecule has 1 aliphatic carbocycles. The minimum absolute atomic E-state index is 0.101. The van der Waals surface area contributed by atoms with Gasteiger partial charge in [-0.2, -0.15) is 4.98 Å². The van der Waals surface area contributed by atoms with Crippen molar-refractivity contribution in [3.8, 4) is 0 Å². The van der Waals surface area contributed by atoms with Crippen LogP contribution in [0.4, 0.5) is 17.5 Å². The van der Waals surface area contributed by atoms with E-state index in [4.69, 9.17) is 4.98 Å². The van der Waals surface area contributed by atoms with Crippen LogP contribution < -0.4 is 15.1 Å². The molecule has 28 heavy (non-hydrogen) atoms. The van der Waals surface area contributed by atoms with Crippen LogP contribution in [0.25, 0.3) is 0 Å². The van der Waals surface area contributed by atoms with Crippen molar-refractivity contribution in [1.82, 2.24) is 9.97 Å². The number of anilines is 3. The highest BCUT2D eigenvalue weighted by molar-refractivity contribution is 6.04. The van der Waals surface area contributed by atoms with Gasteiger partial charge in [-0.15, -0.1) is 0 Å². The maximum atomic E-state index is 12.9. The summed E-state index contributed by atoms with van der Waals surface area (Å²) in [6.07, 6.45) is 7.26. The summed E-state index contributed by atoms with van der Waals surface area (Å²) in [5, 5.41) is 3.43. The van der Waals surface area contributed by atoms with Crippen molar-refractivity contribution in [2.45, 2.75) is 64.1 Å². The van der Waals surface area contributed by atoms with Gasteiger partial charge in [0, 0.05) is 13.1 Å². The third-order valence-electron chi connectivity index (χ3n) is 6.06. The molecule has 6 heteroatoms. The van der Waals surface area contributed by atoms with Gasteiger partial charge in [0.15, 0.2) is 5.82 Å². The highest BCUT2D eigenvalue weighted by Gasteiger charge is 2.41. The first-order valence-corrected chi connectivity index (χ1v) is 10.3. The Hall–Kier alpha value is -2.63. The molecule has 2 aromatic rings. The molecule has 0 saturated heterocycles. The highest BCUT2D eigenvalue weighted by Crippen LogP contribution is 2.39. The van der Waals surface area contributed by atoms with Crippen molar-refractivity contribution in [3.63, 3.8) is 0 Å². The zero-order valence-electron chi connectivity index (χ0n) is 16.9. The Kier molecular flexibility index (Phi) is 5.20. The number of hydrogen-bond acceptors (Lipinski definition) is 5. The zero-order valence-corrected chi connectivity index (χ0v) is 16.9. The smallest absolute Gasteiger partial charge is 0.249 e. The monoisotopic (exact) mass is 379 g/mol. The molecule has 1 aromatic carbocycles. The lowest BCUT2D eigenvalue weighted by molar-refractivity contribution is -0.120. The van der Waals surface area contributed by atoms with Crippen LogP contribution in [0.1, 0.15) is 57.6 Å². The second-order valence-corrected chi connectivity index (χ2v) is 7.85. The molecule has 1 amide bonds. The number of carbonyl (C=O) groups excluding carboxylic acids is 1. The third-order valence-corrected chi connectivity index (χ3v) is 6.06. The lowest BCUT2D eigenvalue weighted by Crippen LogP contribution is -2.55. The largest absolute Gasteiger partial charge is 0.348 e. The van der Waals surface area contributed by atoms with Gasteiger partial charge in [-0.1, -0.05) is 50.1 Å². The van der Waals surface area contributed by atoms with E-state index in [-0.39, 0.29) is 18.0 Å². The van der Waals surface area contributed by atoms with Crippen molar-refractivity contribution in [3.05, 3.63) is 42.1 Å². The molecule has 1 saturated carbocycles. The van der Waals surface area contributed by atoms with Gasteiger partial charge in [-0.25, -0.2) is 4.98 Å². The molecule has 1 N–H and O–H groups in total. The number of carbonyl (C=O) groups is 1. The topological polar surface area (TPSA) is 61.4 Å². The fourth-order valence-electron chi connectivity index (χ4n) is 4.47. The van der Waals surface area contributed by atoms with Gasteiger partial charge in [0.05, 0.1) is 12.2 Å².